The highest BCUT2D eigenvalue weighted by Crippen LogP contribution is 2.41. The molecule has 0 radical (unpaired) electrons. The predicted octanol–water partition coefficient (Wildman–Crippen LogP) is 1.84. The Labute approximate surface area is 101 Å². The van der Waals surface area contributed by atoms with Crippen LogP contribution in [0.25, 0.3) is 0 Å². The third-order valence-electron chi connectivity index (χ3n) is 3.56. The third kappa shape index (κ3) is 1.98. The molecule has 0 bridgehead atoms. The molecule has 1 fully saturated rings. The Bertz CT molecular complexity index is 402. The fraction of sp³-hybridized carbons (Fsp3) is 0.538. The summed E-state index contributed by atoms with van der Waals surface area (Å²) in [4.78, 5) is 0. The van der Waals surface area contributed by atoms with Crippen LogP contribution in [-0.4, -0.2) is 20.0 Å². The second-order valence-corrected chi connectivity index (χ2v) is 4.56. The Kier molecular flexibility index (Phi) is 2.91. The highest BCUT2D eigenvalue weighted by atomic mass is 16.7. The molecule has 92 valence electrons. The van der Waals surface area contributed by atoms with Crippen molar-refractivity contribution >= 4 is 0 Å². The molecule has 0 amide bonds. The number of nitrogens with two attached hydrogens (primary N) is 1. The second kappa shape index (κ2) is 4.55. The van der Waals surface area contributed by atoms with E-state index < -0.39 is 0 Å². The number of hydrogen-bond acceptors (Lipinski definition) is 4. The summed E-state index contributed by atoms with van der Waals surface area (Å²) in [6.45, 7) is 1.92. The van der Waals surface area contributed by atoms with Crippen LogP contribution in [0.15, 0.2) is 18.2 Å². The molecule has 17 heavy (non-hydrogen) atoms. The zero-order valence-corrected chi connectivity index (χ0v) is 9.72. The van der Waals surface area contributed by atoms with E-state index in [0.29, 0.717) is 12.7 Å². The van der Waals surface area contributed by atoms with Crippen molar-refractivity contribution < 1.29 is 14.2 Å². The van der Waals surface area contributed by atoms with Gasteiger partial charge in [0, 0.05) is 24.8 Å². The summed E-state index contributed by atoms with van der Waals surface area (Å²) in [6, 6.07) is 5.94. The van der Waals surface area contributed by atoms with Gasteiger partial charge in [0.25, 0.3) is 0 Å². The number of benzene rings is 1. The summed E-state index contributed by atoms with van der Waals surface area (Å²) in [5.74, 6) is 2.11. The molecular weight excluding hydrogens is 218 g/mol. The lowest BCUT2D eigenvalue weighted by molar-refractivity contribution is 0.0580. The van der Waals surface area contributed by atoms with Gasteiger partial charge in [-0.2, -0.15) is 0 Å². The molecule has 4 nitrogen and oxygen atoms in total. The first-order chi connectivity index (χ1) is 8.36. The van der Waals surface area contributed by atoms with Crippen molar-refractivity contribution in [1.82, 2.24) is 0 Å². The molecule has 0 saturated carbocycles. The van der Waals surface area contributed by atoms with Gasteiger partial charge in [-0.05, 0) is 24.8 Å². The normalized spacial score (nSPS) is 21.5. The second-order valence-electron chi connectivity index (χ2n) is 4.56. The van der Waals surface area contributed by atoms with Gasteiger partial charge in [-0.25, -0.2) is 0 Å². The highest BCUT2D eigenvalue weighted by molar-refractivity contribution is 5.49. The minimum absolute atomic E-state index is 0.00977. The number of para-hydroxylation sites is 1. The van der Waals surface area contributed by atoms with Crippen molar-refractivity contribution in [2.24, 2.45) is 11.7 Å². The largest absolute Gasteiger partial charge is 0.454 e. The van der Waals surface area contributed by atoms with E-state index in [0.717, 1.165) is 43.1 Å². The van der Waals surface area contributed by atoms with Gasteiger partial charge in [0.2, 0.25) is 6.79 Å². The van der Waals surface area contributed by atoms with Crippen LogP contribution in [-0.2, 0) is 4.74 Å². The lowest BCUT2D eigenvalue weighted by Crippen LogP contribution is -2.27. The van der Waals surface area contributed by atoms with E-state index in [9.17, 15) is 0 Å². The molecule has 1 atom stereocenters. The molecule has 4 heteroatoms. The first kappa shape index (κ1) is 10.9. The monoisotopic (exact) mass is 235 g/mol. The lowest BCUT2D eigenvalue weighted by Gasteiger charge is -2.28. The van der Waals surface area contributed by atoms with Crippen LogP contribution in [0.5, 0.6) is 11.5 Å². The van der Waals surface area contributed by atoms with Crippen molar-refractivity contribution in [3.05, 3.63) is 23.8 Å². The van der Waals surface area contributed by atoms with Gasteiger partial charge in [-0.15, -0.1) is 0 Å². The summed E-state index contributed by atoms with van der Waals surface area (Å²) in [6.07, 6.45) is 2.04. The molecule has 2 aliphatic rings. The molecule has 0 aliphatic carbocycles. The highest BCUT2D eigenvalue weighted by Gasteiger charge is 2.27. The molecular formula is C13H17NO3. The molecule has 2 heterocycles. The van der Waals surface area contributed by atoms with Crippen LogP contribution in [0, 0.1) is 5.92 Å². The fourth-order valence-electron chi connectivity index (χ4n) is 2.54. The summed E-state index contributed by atoms with van der Waals surface area (Å²) >= 11 is 0. The van der Waals surface area contributed by atoms with Crippen molar-refractivity contribution in [3.8, 4) is 11.5 Å². The maximum absolute atomic E-state index is 6.35. The molecule has 1 aromatic rings. The number of fused-ring (bicyclic) bond motifs is 1. The van der Waals surface area contributed by atoms with Crippen LogP contribution < -0.4 is 15.2 Å². The Balaban J connectivity index is 1.85. The quantitative estimate of drug-likeness (QED) is 0.849. The van der Waals surface area contributed by atoms with Crippen LogP contribution >= 0.6 is 0 Å². The van der Waals surface area contributed by atoms with E-state index in [2.05, 4.69) is 0 Å². The van der Waals surface area contributed by atoms with E-state index >= 15 is 0 Å². The van der Waals surface area contributed by atoms with Gasteiger partial charge in [0.05, 0.1) is 0 Å². The van der Waals surface area contributed by atoms with Gasteiger partial charge in [0.15, 0.2) is 11.5 Å². The van der Waals surface area contributed by atoms with Crippen LogP contribution in [0.3, 0.4) is 0 Å². The number of hydrogen-bond donors (Lipinski definition) is 1. The Morgan fingerprint density at radius 1 is 1.18 bits per heavy atom. The van der Waals surface area contributed by atoms with Crippen LogP contribution in [0.4, 0.5) is 0 Å². The lowest BCUT2D eigenvalue weighted by atomic mass is 9.87. The zero-order valence-electron chi connectivity index (χ0n) is 9.72. The first-order valence-electron chi connectivity index (χ1n) is 6.08. The molecule has 2 aliphatic heterocycles. The smallest absolute Gasteiger partial charge is 0.231 e. The van der Waals surface area contributed by atoms with E-state index in [4.69, 9.17) is 19.9 Å². The Hall–Kier alpha value is -1.26. The summed E-state index contributed by atoms with van der Waals surface area (Å²) in [7, 11) is 0. The molecule has 1 aromatic carbocycles. The predicted molar refractivity (Wildman–Crippen MR) is 63.0 cm³/mol. The Morgan fingerprint density at radius 2 is 2.00 bits per heavy atom. The molecule has 0 unspecified atom stereocenters. The van der Waals surface area contributed by atoms with E-state index in [1.165, 1.54) is 0 Å². The molecule has 0 spiro atoms. The zero-order chi connectivity index (χ0) is 11.7. The molecule has 3 rings (SSSR count). The van der Waals surface area contributed by atoms with E-state index in [-0.39, 0.29) is 6.04 Å². The van der Waals surface area contributed by atoms with Crippen LogP contribution in [0.2, 0.25) is 0 Å². The number of ether oxygens (including phenoxy) is 3. The molecule has 1 saturated heterocycles. The van der Waals surface area contributed by atoms with Gasteiger partial charge in [0.1, 0.15) is 0 Å². The van der Waals surface area contributed by atoms with Crippen LogP contribution in [0.1, 0.15) is 24.4 Å². The van der Waals surface area contributed by atoms with Gasteiger partial charge in [-0.1, -0.05) is 12.1 Å². The average molecular weight is 235 g/mol. The average Bonchev–Trinajstić information content (AvgIpc) is 2.87. The maximum atomic E-state index is 6.35. The fourth-order valence-corrected chi connectivity index (χ4v) is 2.54. The van der Waals surface area contributed by atoms with Crippen molar-refractivity contribution in [3.63, 3.8) is 0 Å². The van der Waals surface area contributed by atoms with Gasteiger partial charge < -0.3 is 19.9 Å². The third-order valence-corrected chi connectivity index (χ3v) is 3.56. The van der Waals surface area contributed by atoms with Crippen molar-refractivity contribution in [1.29, 1.82) is 0 Å². The first-order valence-corrected chi connectivity index (χ1v) is 6.08. The number of rotatable bonds is 2. The maximum Gasteiger partial charge on any atom is 0.231 e. The molecule has 2 N–H and O–H groups in total. The minimum Gasteiger partial charge on any atom is -0.454 e. The van der Waals surface area contributed by atoms with Gasteiger partial charge in [-0.3, -0.25) is 0 Å². The van der Waals surface area contributed by atoms with E-state index in [1.54, 1.807) is 0 Å². The standard InChI is InChI=1S/C13H17NO3/c14-12(9-4-6-15-7-5-9)10-2-1-3-11-13(10)17-8-16-11/h1-3,9,12H,4-8,14H2/t12-/m1/s1. The minimum atomic E-state index is 0.00977. The summed E-state index contributed by atoms with van der Waals surface area (Å²) in [5, 5.41) is 0. The van der Waals surface area contributed by atoms with Crippen molar-refractivity contribution in [2.75, 3.05) is 20.0 Å². The SMILES string of the molecule is N[C@@H](c1cccc2c1OCO2)C1CCOCC1. The van der Waals surface area contributed by atoms with Crippen molar-refractivity contribution in [2.45, 2.75) is 18.9 Å². The van der Waals surface area contributed by atoms with E-state index in [1.807, 2.05) is 18.2 Å². The summed E-state index contributed by atoms with van der Waals surface area (Å²) < 4.78 is 16.2. The summed E-state index contributed by atoms with van der Waals surface area (Å²) in [5.41, 5.74) is 7.41. The van der Waals surface area contributed by atoms with Gasteiger partial charge >= 0.3 is 0 Å². The Morgan fingerprint density at radius 3 is 2.82 bits per heavy atom. The topological polar surface area (TPSA) is 53.7 Å². The molecule has 0 aromatic heterocycles.